The van der Waals surface area contributed by atoms with Gasteiger partial charge in [-0.3, -0.25) is 4.90 Å². The highest BCUT2D eigenvalue weighted by Crippen LogP contribution is 2.28. The van der Waals surface area contributed by atoms with E-state index < -0.39 is 23.8 Å². The Morgan fingerprint density at radius 2 is 2.12 bits per heavy atom. The van der Waals surface area contributed by atoms with E-state index >= 15 is 0 Å². The Morgan fingerprint density at radius 1 is 1.53 bits per heavy atom. The van der Waals surface area contributed by atoms with Crippen molar-refractivity contribution < 1.29 is 14.6 Å². The highest BCUT2D eigenvalue weighted by Gasteiger charge is 2.41. The number of nitrogens with zero attached hydrogens (tertiary/aromatic N) is 2. The molecule has 5 nitrogen and oxygen atoms in total. The summed E-state index contributed by atoms with van der Waals surface area (Å²) < 4.78 is 5.26. The number of carbonyl (C=O) groups is 1. The summed E-state index contributed by atoms with van der Waals surface area (Å²) in [7, 11) is 0. The van der Waals surface area contributed by atoms with Crippen molar-refractivity contribution in [2.45, 2.75) is 64.3 Å². The summed E-state index contributed by atoms with van der Waals surface area (Å²) in [4.78, 5) is 13.4. The van der Waals surface area contributed by atoms with Crippen LogP contribution in [0.3, 0.4) is 0 Å². The molecular formula is C12H20N2O3. The van der Waals surface area contributed by atoms with E-state index in [-0.39, 0.29) is 6.04 Å². The molecule has 3 atom stereocenters. The zero-order valence-corrected chi connectivity index (χ0v) is 10.8. The van der Waals surface area contributed by atoms with Crippen molar-refractivity contribution in [1.82, 2.24) is 4.90 Å². The predicted molar refractivity (Wildman–Crippen MR) is 62.2 cm³/mol. The zero-order chi connectivity index (χ0) is 13.2. The van der Waals surface area contributed by atoms with E-state index in [1.807, 2.05) is 0 Å². The van der Waals surface area contributed by atoms with Crippen LogP contribution in [0, 0.1) is 11.3 Å². The predicted octanol–water partition coefficient (Wildman–Crippen LogP) is 1.66. The molecule has 1 aliphatic heterocycles. The molecule has 1 rings (SSSR count). The van der Waals surface area contributed by atoms with Crippen molar-refractivity contribution in [2.75, 3.05) is 0 Å². The van der Waals surface area contributed by atoms with Gasteiger partial charge in [0.25, 0.3) is 0 Å². The first-order chi connectivity index (χ1) is 7.76. The van der Waals surface area contributed by atoms with Crippen LogP contribution >= 0.6 is 0 Å². The number of amides is 1. The lowest BCUT2D eigenvalue weighted by Crippen LogP contribution is -2.47. The highest BCUT2D eigenvalue weighted by molar-refractivity contribution is 5.70. The lowest BCUT2D eigenvalue weighted by Gasteiger charge is -2.31. The summed E-state index contributed by atoms with van der Waals surface area (Å²) in [6, 6.07) is 1.26. The molecule has 0 aliphatic carbocycles. The van der Waals surface area contributed by atoms with Gasteiger partial charge in [-0.1, -0.05) is 0 Å². The molecule has 1 aliphatic rings. The molecule has 17 heavy (non-hydrogen) atoms. The molecule has 0 aromatic carbocycles. The lowest BCUT2D eigenvalue weighted by molar-refractivity contribution is 0.00314. The molecule has 1 heterocycles. The van der Waals surface area contributed by atoms with Gasteiger partial charge >= 0.3 is 6.09 Å². The zero-order valence-electron chi connectivity index (χ0n) is 10.8. The van der Waals surface area contributed by atoms with Gasteiger partial charge in [0.2, 0.25) is 0 Å². The topological polar surface area (TPSA) is 73.6 Å². The van der Waals surface area contributed by atoms with Crippen molar-refractivity contribution >= 4 is 6.09 Å². The van der Waals surface area contributed by atoms with Crippen molar-refractivity contribution in [1.29, 1.82) is 5.26 Å². The van der Waals surface area contributed by atoms with Gasteiger partial charge in [-0.25, -0.2) is 4.79 Å². The minimum atomic E-state index is -0.652. The molecule has 2 unspecified atom stereocenters. The molecule has 1 fully saturated rings. The number of aliphatic hydroxyl groups is 1. The van der Waals surface area contributed by atoms with Crippen LogP contribution in [0.5, 0.6) is 0 Å². The number of ether oxygens (including phenoxy) is 1. The van der Waals surface area contributed by atoms with Crippen LogP contribution in [0.4, 0.5) is 4.79 Å². The monoisotopic (exact) mass is 240 g/mol. The van der Waals surface area contributed by atoms with Crippen molar-refractivity contribution in [3.05, 3.63) is 0 Å². The fourth-order valence-corrected chi connectivity index (χ4v) is 2.02. The van der Waals surface area contributed by atoms with Gasteiger partial charge in [0, 0.05) is 0 Å². The van der Waals surface area contributed by atoms with Gasteiger partial charge in [-0.15, -0.1) is 0 Å². The third-order valence-corrected chi connectivity index (χ3v) is 2.74. The summed E-state index contributed by atoms with van der Waals surface area (Å²) >= 11 is 0. The number of aliphatic hydroxyl groups excluding tert-OH is 1. The first-order valence-electron chi connectivity index (χ1n) is 5.85. The number of rotatable bonds is 1. The fraction of sp³-hybridized carbons (Fsp3) is 0.833. The fourth-order valence-electron chi connectivity index (χ4n) is 2.02. The standard InChI is InChI=1S/C12H20N2O3/c1-8(15)10-6-5-9(7-13)14(10)11(16)17-12(2,3)4/h8-10,15H,5-6H2,1-4H3/t8?,9?,10-/m0/s1. The van der Waals surface area contributed by atoms with Crippen molar-refractivity contribution in [2.24, 2.45) is 0 Å². The number of nitriles is 1. The molecule has 5 heteroatoms. The summed E-state index contributed by atoms with van der Waals surface area (Å²) in [6.45, 7) is 6.96. The Bertz CT molecular complexity index is 328. The van der Waals surface area contributed by atoms with Crippen molar-refractivity contribution in [3.63, 3.8) is 0 Å². The Balaban J connectivity index is 2.83. The normalized spacial score (nSPS) is 26.5. The van der Waals surface area contributed by atoms with E-state index in [1.165, 1.54) is 4.90 Å². The van der Waals surface area contributed by atoms with Gasteiger partial charge in [-0.05, 0) is 40.5 Å². The third-order valence-electron chi connectivity index (χ3n) is 2.74. The molecule has 1 saturated heterocycles. The second-order valence-electron chi connectivity index (χ2n) is 5.42. The van der Waals surface area contributed by atoms with E-state index in [1.54, 1.807) is 27.7 Å². The van der Waals surface area contributed by atoms with Gasteiger partial charge in [-0.2, -0.15) is 5.26 Å². The second-order valence-corrected chi connectivity index (χ2v) is 5.42. The molecule has 0 radical (unpaired) electrons. The highest BCUT2D eigenvalue weighted by atomic mass is 16.6. The van der Waals surface area contributed by atoms with E-state index in [0.717, 1.165) is 0 Å². The SMILES string of the molecule is CC(O)[C@@H]1CCC(C#N)N1C(=O)OC(C)(C)C. The molecule has 0 spiro atoms. The Hall–Kier alpha value is -1.28. The summed E-state index contributed by atoms with van der Waals surface area (Å²) in [5, 5.41) is 18.6. The Kier molecular flexibility index (Phi) is 3.99. The average Bonchev–Trinajstić information content (AvgIpc) is 2.57. The number of hydrogen-bond acceptors (Lipinski definition) is 4. The van der Waals surface area contributed by atoms with E-state index in [2.05, 4.69) is 6.07 Å². The van der Waals surface area contributed by atoms with Gasteiger partial charge in [0.15, 0.2) is 0 Å². The van der Waals surface area contributed by atoms with Crippen LogP contribution < -0.4 is 0 Å². The van der Waals surface area contributed by atoms with E-state index in [4.69, 9.17) is 10.00 Å². The van der Waals surface area contributed by atoms with Gasteiger partial charge < -0.3 is 9.84 Å². The third kappa shape index (κ3) is 3.34. The van der Waals surface area contributed by atoms with E-state index in [9.17, 15) is 9.90 Å². The van der Waals surface area contributed by atoms with Crippen LogP contribution in [0.15, 0.2) is 0 Å². The van der Waals surface area contributed by atoms with Crippen LogP contribution in [-0.4, -0.2) is 39.9 Å². The molecule has 0 bridgehead atoms. The average molecular weight is 240 g/mol. The minimum absolute atomic E-state index is 0.325. The molecule has 0 aromatic heterocycles. The smallest absolute Gasteiger partial charge is 0.411 e. The molecule has 1 amide bonds. The Labute approximate surface area is 102 Å². The molecule has 96 valence electrons. The van der Waals surface area contributed by atoms with Gasteiger partial charge in [0.05, 0.1) is 18.2 Å². The maximum absolute atomic E-state index is 12.0. The maximum atomic E-state index is 12.0. The van der Waals surface area contributed by atoms with Gasteiger partial charge in [0.1, 0.15) is 11.6 Å². The van der Waals surface area contributed by atoms with E-state index in [0.29, 0.717) is 12.8 Å². The molecule has 0 saturated carbocycles. The minimum Gasteiger partial charge on any atom is -0.444 e. The first kappa shape index (κ1) is 13.8. The molecule has 0 aromatic rings. The summed E-state index contributed by atoms with van der Waals surface area (Å²) in [5.41, 5.74) is -0.594. The second kappa shape index (κ2) is 4.92. The maximum Gasteiger partial charge on any atom is 0.411 e. The largest absolute Gasteiger partial charge is 0.444 e. The van der Waals surface area contributed by atoms with Crippen LogP contribution in [-0.2, 0) is 4.74 Å². The van der Waals surface area contributed by atoms with Crippen LogP contribution in [0.2, 0.25) is 0 Å². The summed E-state index contributed by atoms with van der Waals surface area (Å²) in [5.74, 6) is 0. The summed E-state index contributed by atoms with van der Waals surface area (Å²) in [6.07, 6.45) is 0.0498. The van der Waals surface area contributed by atoms with Crippen LogP contribution in [0.25, 0.3) is 0 Å². The first-order valence-corrected chi connectivity index (χ1v) is 5.85. The number of carbonyl (C=O) groups excluding carboxylic acids is 1. The lowest BCUT2D eigenvalue weighted by atomic mass is 10.1. The number of likely N-dealkylation sites (tertiary alicyclic amines) is 1. The molecule has 1 N–H and O–H groups in total. The van der Waals surface area contributed by atoms with Crippen LogP contribution in [0.1, 0.15) is 40.5 Å². The Morgan fingerprint density at radius 3 is 2.53 bits per heavy atom. The quantitative estimate of drug-likeness (QED) is 0.756. The number of hydrogen-bond donors (Lipinski definition) is 1. The molecular weight excluding hydrogens is 220 g/mol. The van der Waals surface area contributed by atoms with Crippen molar-refractivity contribution in [3.8, 4) is 6.07 Å².